The molecule has 1 unspecified atom stereocenters. The van der Waals surface area contributed by atoms with Crippen LogP contribution < -0.4 is 5.73 Å². The molecule has 0 radical (unpaired) electrons. The van der Waals surface area contributed by atoms with Crippen molar-refractivity contribution in [2.24, 2.45) is 5.73 Å². The molecule has 8 nitrogen and oxygen atoms in total. The summed E-state index contributed by atoms with van der Waals surface area (Å²) in [5.41, 5.74) is 6.47. The van der Waals surface area contributed by atoms with Crippen LogP contribution in [0, 0.1) is 11.8 Å². The standard InChI is InChI=1S/C22H19N5O3/c1-26-9-7-22(30,21(26)29)6-5-15-3-2-4-16(11-15)18-12-17(27-10-8-24-14-27)13-19(25-18)20(23)28/h2-4,8,10-14,30H,7,9H2,1H3,(H2,23,28). The minimum Gasteiger partial charge on any atom is -0.369 e. The molecule has 2 amide bonds. The SMILES string of the molecule is CN1CCC(O)(C#Cc2cccc(-c3cc(-n4ccnc4)cc(C(N)=O)n3)c2)C1=O. The second kappa shape index (κ2) is 7.46. The Morgan fingerprint density at radius 2 is 2.13 bits per heavy atom. The third kappa shape index (κ3) is 3.66. The normalized spacial score (nSPS) is 18.2. The Kier molecular flexibility index (Phi) is 4.82. The first kappa shape index (κ1) is 19.4. The molecule has 1 fully saturated rings. The number of nitrogens with two attached hydrogens (primary N) is 1. The van der Waals surface area contributed by atoms with E-state index in [0.717, 1.165) is 0 Å². The molecule has 150 valence electrons. The van der Waals surface area contributed by atoms with Gasteiger partial charge in [0, 0.05) is 43.5 Å². The Morgan fingerprint density at radius 3 is 2.80 bits per heavy atom. The Balaban J connectivity index is 1.72. The first-order chi connectivity index (χ1) is 14.4. The maximum absolute atomic E-state index is 12.1. The average Bonchev–Trinajstić information content (AvgIpc) is 3.38. The molecule has 1 aliphatic heterocycles. The number of hydrogen-bond donors (Lipinski definition) is 2. The van der Waals surface area contributed by atoms with Crippen molar-refractivity contribution in [1.29, 1.82) is 0 Å². The molecular weight excluding hydrogens is 382 g/mol. The number of benzene rings is 1. The highest BCUT2D eigenvalue weighted by atomic mass is 16.3. The lowest BCUT2D eigenvalue weighted by molar-refractivity contribution is -0.137. The van der Waals surface area contributed by atoms with Gasteiger partial charge in [0.15, 0.2) is 0 Å². The van der Waals surface area contributed by atoms with Gasteiger partial charge in [0.25, 0.3) is 11.8 Å². The van der Waals surface area contributed by atoms with Crippen molar-refractivity contribution in [3.63, 3.8) is 0 Å². The van der Waals surface area contributed by atoms with E-state index in [1.165, 1.54) is 4.90 Å². The number of carbonyl (C=O) groups excluding carboxylic acids is 2. The van der Waals surface area contributed by atoms with E-state index in [2.05, 4.69) is 21.8 Å². The number of nitrogens with zero attached hydrogens (tertiary/aromatic N) is 4. The lowest BCUT2D eigenvalue weighted by Crippen LogP contribution is -2.37. The summed E-state index contributed by atoms with van der Waals surface area (Å²) < 4.78 is 1.75. The molecule has 0 saturated carbocycles. The van der Waals surface area contributed by atoms with Crippen molar-refractivity contribution in [1.82, 2.24) is 19.4 Å². The molecule has 1 atom stereocenters. The van der Waals surface area contributed by atoms with E-state index >= 15 is 0 Å². The third-order valence-electron chi connectivity index (χ3n) is 4.95. The molecule has 30 heavy (non-hydrogen) atoms. The maximum atomic E-state index is 12.1. The van der Waals surface area contributed by atoms with Gasteiger partial charge in [0.2, 0.25) is 5.60 Å². The number of aliphatic hydroxyl groups is 1. The molecule has 0 spiro atoms. The van der Waals surface area contributed by atoms with Crippen LogP contribution in [0.3, 0.4) is 0 Å². The van der Waals surface area contributed by atoms with Gasteiger partial charge in [0.1, 0.15) is 5.69 Å². The number of pyridine rings is 1. The van der Waals surface area contributed by atoms with E-state index in [4.69, 9.17) is 5.73 Å². The lowest BCUT2D eigenvalue weighted by Gasteiger charge is -2.13. The summed E-state index contributed by atoms with van der Waals surface area (Å²) in [5.74, 6) is 4.55. The topological polar surface area (TPSA) is 114 Å². The van der Waals surface area contributed by atoms with Crippen LogP contribution in [-0.4, -0.2) is 55.5 Å². The molecule has 3 aromatic rings. The predicted octanol–water partition coefficient (Wildman–Crippen LogP) is 0.978. The van der Waals surface area contributed by atoms with Crippen LogP contribution in [0.5, 0.6) is 0 Å². The van der Waals surface area contributed by atoms with Crippen LogP contribution in [0.25, 0.3) is 16.9 Å². The fourth-order valence-corrected chi connectivity index (χ4v) is 3.25. The van der Waals surface area contributed by atoms with Crippen molar-refractivity contribution < 1.29 is 14.7 Å². The summed E-state index contributed by atoms with van der Waals surface area (Å²) in [5, 5.41) is 10.5. The first-order valence-corrected chi connectivity index (χ1v) is 9.27. The van der Waals surface area contributed by atoms with Gasteiger partial charge in [0.05, 0.1) is 17.7 Å². The van der Waals surface area contributed by atoms with E-state index in [0.29, 0.717) is 29.1 Å². The van der Waals surface area contributed by atoms with Crippen LogP contribution in [0.15, 0.2) is 55.1 Å². The molecule has 4 rings (SSSR count). The Labute approximate surface area is 173 Å². The van der Waals surface area contributed by atoms with E-state index in [1.54, 1.807) is 54.6 Å². The number of likely N-dealkylation sites (N-methyl/N-ethyl adjacent to an activating group) is 1. The number of hydrogen-bond acceptors (Lipinski definition) is 5. The number of carbonyl (C=O) groups is 2. The van der Waals surface area contributed by atoms with Gasteiger partial charge in [-0.05, 0) is 24.3 Å². The van der Waals surface area contributed by atoms with Crippen LogP contribution in [0.4, 0.5) is 0 Å². The van der Waals surface area contributed by atoms with Crippen molar-refractivity contribution >= 4 is 11.8 Å². The third-order valence-corrected chi connectivity index (χ3v) is 4.95. The van der Waals surface area contributed by atoms with Gasteiger partial charge < -0.3 is 20.3 Å². The molecule has 0 aliphatic carbocycles. The van der Waals surface area contributed by atoms with Gasteiger partial charge in [-0.15, -0.1) is 0 Å². The maximum Gasteiger partial charge on any atom is 0.267 e. The van der Waals surface area contributed by atoms with Gasteiger partial charge in [-0.1, -0.05) is 24.0 Å². The summed E-state index contributed by atoms with van der Waals surface area (Å²) >= 11 is 0. The lowest BCUT2D eigenvalue weighted by atomic mass is 10.0. The van der Waals surface area contributed by atoms with Crippen molar-refractivity contribution in [2.45, 2.75) is 12.0 Å². The monoisotopic (exact) mass is 401 g/mol. The molecule has 0 bridgehead atoms. The second-order valence-corrected chi connectivity index (χ2v) is 7.10. The minimum absolute atomic E-state index is 0.126. The van der Waals surface area contributed by atoms with E-state index < -0.39 is 17.4 Å². The highest BCUT2D eigenvalue weighted by Gasteiger charge is 2.42. The summed E-state index contributed by atoms with van der Waals surface area (Å²) in [6.07, 6.45) is 5.27. The predicted molar refractivity (Wildman–Crippen MR) is 109 cm³/mol. The van der Waals surface area contributed by atoms with Gasteiger partial charge in [-0.2, -0.15) is 0 Å². The highest BCUT2D eigenvalue weighted by Crippen LogP contribution is 2.24. The zero-order valence-corrected chi connectivity index (χ0v) is 16.2. The molecular formula is C22H19N5O3. The molecule has 1 saturated heterocycles. The molecule has 2 aromatic heterocycles. The molecule has 8 heteroatoms. The van der Waals surface area contributed by atoms with E-state index in [-0.39, 0.29) is 12.1 Å². The fraction of sp³-hybridized carbons (Fsp3) is 0.182. The largest absolute Gasteiger partial charge is 0.369 e. The van der Waals surface area contributed by atoms with Crippen LogP contribution >= 0.6 is 0 Å². The number of aromatic nitrogens is 3. The molecule has 1 aromatic carbocycles. The summed E-state index contributed by atoms with van der Waals surface area (Å²) in [6.45, 7) is 0.463. The Hall–Kier alpha value is -3.96. The zero-order chi connectivity index (χ0) is 21.3. The van der Waals surface area contributed by atoms with Crippen molar-refractivity contribution in [2.75, 3.05) is 13.6 Å². The van der Waals surface area contributed by atoms with Crippen molar-refractivity contribution in [3.05, 3.63) is 66.4 Å². The number of imidazole rings is 1. The summed E-state index contributed by atoms with van der Waals surface area (Å²) in [4.78, 5) is 33.7. The summed E-state index contributed by atoms with van der Waals surface area (Å²) in [6, 6.07) is 10.6. The number of primary amides is 1. The van der Waals surface area contributed by atoms with Gasteiger partial charge in [-0.25, -0.2) is 9.97 Å². The average molecular weight is 401 g/mol. The highest BCUT2D eigenvalue weighted by molar-refractivity contribution is 5.92. The zero-order valence-electron chi connectivity index (χ0n) is 16.2. The van der Waals surface area contributed by atoms with Crippen LogP contribution in [0.1, 0.15) is 22.5 Å². The van der Waals surface area contributed by atoms with Crippen LogP contribution in [0.2, 0.25) is 0 Å². The molecule has 3 heterocycles. The van der Waals surface area contributed by atoms with Gasteiger partial charge >= 0.3 is 0 Å². The first-order valence-electron chi connectivity index (χ1n) is 9.27. The molecule has 3 N–H and O–H groups in total. The number of rotatable bonds is 3. The van der Waals surface area contributed by atoms with E-state index in [1.807, 2.05) is 12.1 Å². The number of amides is 2. The Bertz CT molecular complexity index is 1190. The quantitative estimate of drug-likeness (QED) is 0.635. The summed E-state index contributed by atoms with van der Waals surface area (Å²) in [7, 11) is 1.64. The minimum atomic E-state index is -1.66. The van der Waals surface area contributed by atoms with Crippen LogP contribution in [-0.2, 0) is 4.79 Å². The smallest absolute Gasteiger partial charge is 0.267 e. The second-order valence-electron chi connectivity index (χ2n) is 7.10. The number of likely N-dealkylation sites (tertiary alicyclic amines) is 1. The van der Waals surface area contributed by atoms with E-state index in [9.17, 15) is 14.7 Å². The molecule has 1 aliphatic rings. The van der Waals surface area contributed by atoms with Gasteiger partial charge in [-0.3, -0.25) is 9.59 Å². The fourth-order valence-electron chi connectivity index (χ4n) is 3.25. The Morgan fingerprint density at radius 1 is 1.30 bits per heavy atom. The van der Waals surface area contributed by atoms with Crippen molar-refractivity contribution in [3.8, 4) is 28.8 Å².